The predicted octanol–water partition coefficient (Wildman–Crippen LogP) is 2.88. The molecule has 0 aromatic carbocycles. The van der Waals surface area contributed by atoms with Crippen LogP contribution in [0.2, 0.25) is 0 Å². The van der Waals surface area contributed by atoms with Gasteiger partial charge in [0.15, 0.2) is 5.41 Å². The monoisotopic (exact) mass is 606 g/mol. The van der Waals surface area contributed by atoms with Gasteiger partial charge < -0.3 is 26.6 Å². The summed E-state index contributed by atoms with van der Waals surface area (Å²) in [5, 5.41) is 15.8. The van der Waals surface area contributed by atoms with E-state index in [0.29, 0.717) is 0 Å². The summed E-state index contributed by atoms with van der Waals surface area (Å²) in [6, 6.07) is -0.0115. The van der Waals surface area contributed by atoms with Gasteiger partial charge in [-0.25, -0.2) is 0 Å². The summed E-state index contributed by atoms with van der Waals surface area (Å²) in [6.45, 7) is 33.0. The van der Waals surface area contributed by atoms with Gasteiger partial charge in [0.1, 0.15) is 0 Å². The first kappa shape index (κ1) is 48.9. The van der Waals surface area contributed by atoms with Crippen molar-refractivity contribution in [2.45, 2.75) is 135 Å². The van der Waals surface area contributed by atoms with Crippen LogP contribution in [0.5, 0.6) is 0 Å². The van der Waals surface area contributed by atoms with Crippen molar-refractivity contribution in [3.05, 3.63) is 0 Å². The zero-order chi connectivity index (χ0) is 33.3. The van der Waals surface area contributed by atoms with Gasteiger partial charge in [-0.15, -0.1) is 0 Å². The molecule has 2 amide bonds. The third kappa shape index (κ3) is 13.1. The molecule has 0 bridgehead atoms. The van der Waals surface area contributed by atoms with Gasteiger partial charge in [0.05, 0.1) is 19.1 Å². The molecular formula is C33H67BLiN2O6. The Morgan fingerprint density at radius 1 is 0.791 bits per heavy atom. The van der Waals surface area contributed by atoms with Crippen LogP contribution in [0.4, 0.5) is 0 Å². The van der Waals surface area contributed by atoms with Gasteiger partial charge in [0.25, 0.3) is 0 Å². The molecule has 10 heteroatoms. The second-order valence-electron chi connectivity index (χ2n) is 15.9. The van der Waals surface area contributed by atoms with E-state index in [0.717, 1.165) is 13.2 Å². The maximum atomic E-state index is 12.7. The van der Waals surface area contributed by atoms with Crippen molar-refractivity contribution in [2.75, 3.05) is 26.9 Å². The number of aliphatic hydroxyl groups excluding tert-OH is 1. The van der Waals surface area contributed by atoms with E-state index in [9.17, 15) is 19.5 Å². The third-order valence-corrected chi connectivity index (χ3v) is 7.84. The summed E-state index contributed by atoms with van der Waals surface area (Å²) in [5.41, 5.74) is -3.45. The molecule has 8 nitrogen and oxygen atoms in total. The molecule has 1 rings (SSSR count). The van der Waals surface area contributed by atoms with Crippen molar-refractivity contribution in [1.82, 2.24) is 10.6 Å². The molecule has 1 fully saturated rings. The van der Waals surface area contributed by atoms with Gasteiger partial charge in [-0.2, -0.15) is 0 Å². The first-order chi connectivity index (χ1) is 18.2. The first-order valence-electron chi connectivity index (χ1n) is 15.1. The molecule has 1 unspecified atom stereocenters. The van der Waals surface area contributed by atoms with Crippen molar-refractivity contribution in [3.8, 4) is 0 Å². The van der Waals surface area contributed by atoms with Gasteiger partial charge in [-0.1, -0.05) is 76.2 Å². The Morgan fingerprint density at radius 2 is 1.19 bits per heavy atom. The van der Waals surface area contributed by atoms with Crippen molar-refractivity contribution in [1.29, 1.82) is 0 Å². The maximum Gasteiger partial charge on any atom is 1.00 e. The van der Waals surface area contributed by atoms with Crippen LogP contribution >= 0.6 is 0 Å². The van der Waals surface area contributed by atoms with Crippen molar-refractivity contribution in [3.63, 3.8) is 0 Å². The number of esters is 1. The van der Waals surface area contributed by atoms with Crippen LogP contribution in [-0.4, -0.2) is 69.8 Å². The number of rotatable bonds is 6. The Kier molecular flexibility index (Phi) is 21.4. The topological polar surface area (TPSA) is 114 Å². The Hall–Kier alpha value is -1.01. The number of aliphatic hydroxyl groups is 1. The average molecular weight is 606 g/mol. The Morgan fingerprint density at radius 3 is 1.37 bits per heavy atom. The summed E-state index contributed by atoms with van der Waals surface area (Å²) in [4.78, 5) is 37.5. The Bertz CT molecular complexity index is 818. The minimum absolute atomic E-state index is 0. The molecule has 0 saturated carbocycles. The summed E-state index contributed by atoms with van der Waals surface area (Å²) in [7, 11) is 1.33. The molecule has 1 heterocycles. The van der Waals surface area contributed by atoms with E-state index in [4.69, 9.17) is 9.47 Å². The molecule has 249 valence electrons. The normalized spacial score (nSPS) is 15.3. The fourth-order valence-electron chi connectivity index (χ4n) is 5.95. The molecular weight excluding hydrogens is 538 g/mol. The van der Waals surface area contributed by atoms with E-state index in [1.165, 1.54) is 20.0 Å². The number of amides is 2. The second kappa shape index (κ2) is 18.8. The second-order valence-corrected chi connectivity index (χ2v) is 15.9. The zero-order valence-corrected chi connectivity index (χ0v) is 31.3. The van der Waals surface area contributed by atoms with Gasteiger partial charge in [0.2, 0.25) is 11.8 Å². The van der Waals surface area contributed by atoms with E-state index in [-0.39, 0.29) is 75.5 Å². The number of methoxy groups -OCH3 is 1. The zero-order valence-electron chi connectivity index (χ0n) is 32.3. The first-order valence-corrected chi connectivity index (χ1v) is 15.1. The smallest absolute Gasteiger partial charge is 1.00 e. The van der Waals surface area contributed by atoms with E-state index < -0.39 is 22.2 Å². The van der Waals surface area contributed by atoms with Crippen LogP contribution in [0.3, 0.4) is 0 Å². The van der Waals surface area contributed by atoms with Gasteiger partial charge in [-0.05, 0) is 69.6 Å². The minimum atomic E-state index is -1.17. The number of ether oxygens (including phenoxy) is 2. The Labute approximate surface area is 280 Å². The number of carbonyl (C=O) groups is 3. The van der Waals surface area contributed by atoms with Crippen LogP contribution in [0.15, 0.2) is 0 Å². The minimum Gasteiger partial charge on any atom is -1.00 e. The SMILES string of the molecule is C1CCOC1.CC(C)(C)NC(=O)C(CO)(C(C)(C)C)C(C)(C)C.COC(=O)C(C(=O)NC(C)C)(C(C)C)C(C)(C)C.[B].[H-].[Li+]. The number of carbonyl (C=O) groups excluding carboxylic acids is 3. The van der Waals surface area contributed by atoms with Crippen LogP contribution in [-0.2, 0) is 23.9 Å². The predicted molar refractivity (Wildman–Crippen MR) is 175 cm³/mol. The molecule has 1 aliphatic rings. The standard InChI is InChI=1S/C15H31NO2.C14H27NO3.C4H8O.B.Li.H/c1-12(2,3)15(10-17,13(4,5)6)11(18)16-14(7,8)9;1-9(2)14(12(17)18-8,13(5,6)7)11(16)15-10(3)4;1-2-4-5-3-1;;;/h17H,10H2,1-9H3,(H,16,18);9-10H,1-8H3,(H,15,16);1-4H2;;;/q;;;;+1;-1. The van der Waals surface area contributed by atoms with Gasteiger partial charge in [-0.3, -0.25) is 14.4 Å². The third-order valence-electron chi connectivity index (χ3n) is 7.84. The maximum absolute atomic E-state index is 12.7. The van der Waals surface area contributed by atoms with Crippen molar-refractivity contribution in [2.24, 2.45) is 33.0 Å². The Balaban J connectivity index is -0.000000187. The van der Waals surface area contributed by atoms with Gasteiger partial charge >= 0.3 is 24.8 Å². The molecule has 0 aromatic heterocycles. The van der Waals surface area contributed by atoms with Crippen LogP contribution < -0.4 is 29.5 Å². The number of nitrogens with one attached hydrogen (secondary N) is 2. The molecule has 3 radical (unpaired) electrons. The quantitative estimate of drug-likeness (QED) is 0.244. The van der Waals surface area contributed by atoms with E-state index in [2.05, 4.69) is 10.6 Å². The summed E-state index contributed by atoms with van der Waals surface area (Å²) in [5.74, 6) is -0.948. The van der Waals surface area contributed by atoms with Gasteiger partial charge in [0, 0.05) is 33.2 Å². The van der Waals surface area contributed by atoms with Crippen LogP contribution in [0.1, 0.15) is 125 Å². The summed E-state index contributed by atoms with van der Waals surface area (Å²) < 4.78 is 9.85. The number of hydrogen-bond acceptors (Lipinski definition) is 6. The van der Waals surface area contributed by atoms with E-state index in [1.807, 2.05) is 111 Å². The van der Waals surface area contributed by atoms with Crippen LogP contribution in [0.25, 0.3) is 0 Å². The molecule has 1 aliphatic heterocycles. The molecule has 1 atom stereocenters. The molecule has 0 aromatic rings. The number of hydrogen-bond donors (Lipinski definition) is 3. The van der Waals surface area contributed by atoms with E-state index in [1.54, 1.807) is 0 Å². The van der Waals surface area contributed by atoms with Crippen molar-refractivity contribution < 1.29 is 49.3 Å². The summed E-state index contributed by atoms with van der Waals surface area (Å²) in [6.07, 6.45) is 2.56. The average Bonchev–Trinajstić information content (AvgIpc) is 3.30. The fraction of sp³-hybridized carbons (Fsp3) is 0.909. The van der Waals surface area contributed by atoms with Crippen molar-refractivity contribution >= 4 is 26.2 Å². The molecule has 0 aliphatic carbocycles. The fourth-order valence-corrected chi connectivity index (χ4v) is 5.95. The van der Waals surface area contributed by atoms with E-state index >= 15 is 0 Å². The largest absolute Gasteiger partial charge is 1.00 e. The molecule has 43 heavy (non-hydrogen) atoms. The summed E-state index contributed by atoms with van der Waals surface area (Å²) >= 11 is 0. The molecule has 1 saturated heterocycles. The molecule has 3 N–H and O–H groups in total. The van der Waals surface area contributed by atoms with Crippen LogP contribution in [0, 0.1) is 33.0 Å². The molecule has 0 spiro atoms.